The fraction of sp³-hybridized carbons (Fsp3) is 0.773. The Balaban J connectivity index is 1.83. The van der Waals surface area contributed by atoms with E-state index >= 15 is 0 Å². The van der Waals surface area contributed by atoms with Gasteiger partial charge in [-0.25, -0.2) is 9.78 Å². The van der Waals surface area contributed by atoms with Crippen LogP contribution in [0.5, 0.6) is 0 Å². The van der Waals surface area contributed by atoms with Gasteiger partial charge in [0, 0.05) is 25.2 Å². The summed E-state index contributed by atoms with van der Waals surface area (Å²) in [5.74, 6) is 0.311. The maximum Gasteiger partial charge on any atom is 0.407 e. The molecule has 1 aliphatic rings. The van der Waals surface area contributed by atoms with Gasteiger partial charge in [-0.05, 0) is 65.2 Å². The summed E-state index contributed by atoms with van der Waals surface area (Å²) >= 11 is 0. The number of nitrogens with zero attached hydrogens (tertiary/aromatic N) is 2. The Morgan fingerprint density at radius 3 is 2.59 bits per heavy atom. The van der Waals surface area contributed by atoms with Crippen LogP contribution in [0.3, 0.4) is 0 Å². The van der Waals surface area contributed by atoms with Crippen LogP contribution < -0.4 is 5.32 Å². The lowest BCUT2D eigenvalue weighted by Crippen LogP contribution is -2.33. The van der Waals surface area contributed by atoms with E-state index < -0.39 is 11.7 Å². The highest BCUT2D eigenvalue weighted by Gasteiger charge is 2.23. The number of hydrogen-bond acceptors (Lipinski definition) is 5. The van der Waals surface area contributed by atoms with Gasteiger partial charge in [-0.1, -0.05) is 6.92 Å². The van der Waals surface area contributed by atoms with Crippen LogP contribution in [0.4, 0.5) is 4.79 Å². The van der Waals surface area contributed by atoms with Crippen molar-refractivity contribution in [2.75, 3.05) is 13.7 Å². The van der Waals surface area contributed by atoms with E-state index in [9.17, 15) is 9.59 Å². The highest BCUT2D eigenvalue weighted by molar-refractivity contribution is 5.72. The largest absolute Gasteiger partial charge is 0.469 e. The van der Waals surface area contributed by atoms with Crippen LogP contribution in [0.15, 0.2) is 12.5 Å². The van der Waals surface area contributed by atoms with Gasteiger partial charge >= 0.3 is 12.1 Å². The molecule has 0 saturated heterocycles. The minimum Gasteiger partial charge on any atom is -0.469 e. The van der Waals surface area contributed by atoms with Gasteiger partial charge in [0.25, 0.3) is 0 Å². The third kappa shape index (κ3) is 8.07. The lowest BCUT2D eigenvalue weighted by Gasteiger charge is -2.26. The van der Waals surface area contributed by atoms with Crippen molar-refractivity contribution in [3.63, 3.8) is 0 Å². The third-order valence-corrected chi connectivity index (χ3v) is 5.45. The number of esters is 1. The SMILES string of the molecule is COC(=O)[C@H](CCCNC(=O)OC(C)(C)C)Cc1cn([C@H]2CC[C@H](C)CC2)cn1. The summed E-state index contributed by atoms with van der Waals surface area (Å²) in [5.41, 5.74) is 0.396. The summed E-state index contributed by atoms with van der Waals surface area (Å²) in [7, 11) is 1.41. The normalized spacial score (nSPS) is 20.7. The fourth-order valence-corrected chi connectivity index (χ4v) is 3.80. The monoisotopic (exact) mass is 407 g/mol. The lowest BCUT2D eigenvalue weighted by atomic mass is 9.87. The lowest BCUT2D eigenvalue weighted by molar-refractivity contribution is -0.145. The number of methoxy groups -OCH3 is 1. The summed E-state index contributed by atoms with van der Waals surface area (Å²) < 4.78 is 12.4. The fourth-order valence-electron chi connectivity index (χ4n) is 3.80. The molecule has 7 heteroatoms. The molecule has 1 atom stereocenters. The Morgan fingerprint density at radius 2 is 1.97 bits per heavy atom. The van der Waals surface area contributed by atoms with Crippen molar-refractivity contribution in [3.05, 3.63) is 18.2 Å². The number of hydrogen-bond donors (Lipinski definition) is 1. The Hall–Kier alpha value is -2.05. The van der Waals surface area contributed by atoms with Gasteiger partial charge in [0.2, 0.25) is 0 Å². The third-order valence-electron chi connectivity index (χ3n) is 5.45. The number of carbonyl (C=O) groups is 2. The molecule has 1 saturated carbocycles. The van der Waals surface area contributed by atoms with Crippen molar-refractivity contribution in [1.29, 1.82) is 0 Å². The summed E-state index contributed by atoms with van der Waals surface area (Å²) in [6, 6.07) is 0.516. The number of alkyl carbamates (subject to hydrolysis) is 1. The van der Waals surface area contributed by atoms with Gasteiger partial charge in [-0.15, -0.1) is 0 Å². The maximum atomic E-state index is 12.2. The van der Waals surface area contributed by atoms with E-state index in [-0.39, 0.29) is 11.9 Å². The van der Waals surface area contributed by atoms with Crippen LogP contribution in [0.2, 0.25) is 0 Å². The van der Waals surface area contributed by atoms with Crippen molar-refractivity contribution in [3.8, 4) is 0 Å². The van der Waals surface area contributed by atoms with Crippen LogP contribution in [0, 0.1) is 11.8 Å². The molecule has 1 amide bonds. The van der Waals surface area contributed by atoms with Crippen molar-refractivity contribution in [2.24, 2.45) is 11.8 Å². The smallest absolute Gasteiger partial charge is 0.407 e. The second kappa shape index (κ2) is 10.6. The molecule has 0 aromatic carbocycles. The minimum atomic E-state index is -0.520. The first kappa shape index (κ1) is 23.2. The molecule has 1 aliphatic carbocycles. The molecule has 164 valence electrons. The van der Waals surface area contributed by atoms with Gasteiger partial charge in [0.1, 0.15) is 5.60 Å². The summed E-state index contributed by atoms with van der Waals surface area (Å²) in [6.45, 7) is 8.25. The number of imidazole rings is 1. The van der Waals surface area contributed by atoms with E-state index in [1.165, 1.54) is 32.8 Å². The zero-order valence-electron chi connectivity index (χ0n) is 18.6. The molecule has 2 rings (SSSR count). The average Bonchev–Trinajstić information content (AvgIpc) is 3.11. The first-order valence-corrected chi connectivity index (χ1v) is 10.7. The van der Waals surface area contributed by atoms with Crippen molar-refractivity contribution in [1.82, 2.24) is 14.9 Å². The zero-order valence-corrected chi connectivity index (χ0v) is 18.6. The first-order valence-electron chi connectivity index (χ1n) is 10.7. The molecule has 7 nitrogen and oxygen atoms in total. The van der Waals surface area contributed by atoms with E-state index in [1.54, 1.807) is 0 Å². The molecule has 1 N–H and O–H groups in total. The quantitative estimate of drug-likeness (QED) is 0.514. The van der Waals surface area contributed by atoms with Crippen LogP contribution in [-0.2, 0) is 20.7 Å². The molecule has 0 radical (unpaired) electrons. The number of rotatable bonds is 8. The van der Waals surface area contributed by atoms with E-state index in [0.29, 0.717) is 31.8 Å². The number of ether oxygens (including phenoxy) is 2. The molecule has 29 heavy (non-hydrogen) atoms. The second-order valence-electron chi connectivity index (χ2n) is 9.22. The Labute approximate surface area is 174 Å². The molecule has 0 unspecified atom stereocenters. The van der Waals surface area contributed by atoms with Crippen LogP contribution in [0.25, 0.3) is 0 Å². The van der Waals surface area contributed by atoms with Gasteiger partial charge in [0.15, 0.2) is 0 Å². The van der Waals surface area contributed by atoms with Crippen molar-refractivity contribution < 1.29 is 19.1 Å². The van der Waals surface area contributed by atoms with Gasteiger partial charge in [-0.3, -0.25) is 4.79 Å². The van der Waals surface area contributed by atoms with Crippen LogP contribution in [-0.4, -0.2) is 40.9 Å². The van der Waals surface area contributed by atoms with Crippen LogP contribution >= 0.6 is 0 Å². The van der Waals surface area contributed by atoms with E-state index in [2.05, 4.69) is 28.0 Å². The van der Waals surface area contributed by atoms with Crippen molar-refractivity contribution >= 4 is 12.1 Å². The molecule has 0 aliphatic heterocycles. The van der Waals surface area contributed by atoms with E-state index in [0.717, 1.165) is 11.6 Å². The molecule has 1 aromatic heterocycles. The zero-order chi connectivity index (χ0) is 21.4. The average molecular weight is 408 g/mol. The van der Waals surface area contributed by atoms with E-state index in [1.807, 2.05) is 27.1 Å². The Bertz CT molecular complexity index is 657. The number of amides is 1. The van der Waals surface area contributed by atoms with E-state index in [4.69, 9.17) is 9.47 Å². The highest BCUT2D eigenvalue weighted by atomic mass is 16.6. The number of nitrogens with one attached hydrogen (secondary N) is 1. The summed E-state index contributed by atoms with van der Waals surface area (Å²) in [5, 5.41) is 2.73. The predicted octanol–water partition coefficient (Wildman–Crippen LogP) is 4.27. The van der Waals surface area contributed by atoms with Gasteiger partial charge in [0.05, 0.1) is 25.0 Å². The summed E-state index contributed by atoms with van der Waals surface area (Å²) in [4.78, 5) is 28.5. The summed E-state index contributed by atoms with van der Waals surface area (Å²) in [6.07, 6.45) is 10.3. The number of carbonyl (C=O) groups excluding carboxylic acids is 2. The molecule has 0 bridgehead atoms. The number of aromatic nitrogens is 2. The predicted molar refractivity (Wildman–Crippen MR) is 112 cm³/mol. The van der Waals surface area contributed by atoms with Crippen LogP contribution in [0.1, 0.15) is 78.0 Å². The van der Waals surface area contributed by atoms with Gasteiger partial charge < -0.3 is 19.4 Å². The Morgan fingerprint density at radius 1 is 1.28 bits per heavy atom. The molecular formula is C22H37N3O4. The Kier molecular flexibility index (Phi) is 8.53. The molecular weight excluding hydrogens is 370 g/mol. The standard InChI is InChI=1S/C22H37N3O4/c1-16-8-10-19(11-9-16)25-14-18(24-15-25)13-17(20(26)28-5)7-6-12-23-21(27)29-22(2,3)4/h14-17,19H,6-13H2,1-5H3,(H,23,27)/t16-,17-,19-/m1/s1. The molecule has 1 aromatic rings. The minimum absolute atomic E-state index is 0.233. The van der Waals surface area contributed by atoms with Crippen molar-refractivity contribution in [2.45, 2.75) is 84.3 Å². The molecule has 0 spiro atoms. The molecule has 1 heterocycles. The topological polar surface area (TPSA) is 82.5 Å². The maximum absolute atomic E-state index is 12.2. The first-order chi connectivity index (χ1) is 13.7. The van der Waals surface area contributed by atoms with Gasteiger partial charge in [-0.2, -0.15) is 0 Å². The highest BCUT2D eigenvalue weighted by Crippen LogP contribution is 2.32. The second-order valence-corrected chi connectivity index (χ2v) is 9.22. The molecule has 1 fully saturated rings.